The summed E-state index contributed by atoms with van der Waals surface area (Å²) in [5.74, 6) is 1.60. The average Bonchev–Trinajstić information content (AvgIpc) is 3.51. The Morgan fingerprint density at radius 2 is 2.12 bits per heavy atom. The maximum atomic E-state index is 13.7. The molecule has 1 atom stereocenters. The van der Waals surface area contributed by atoms with E-state index < -0.39 is 0 Å². The number of carbonyl (C=O) groups excluding carboxylic acids is 1. The molecule has 0 bridgehead atoms. The lowest BCUT2D eigenvalue weighted by atomic mass is 9.57. The molecular formula is C30H33ClN8O. The number of likely N-dealkylation sites (tertiary alicyclic amines) is 1. The number of amides is 1. The number of nitrogens with one attached hydrogen (secondary N) is 1. The van der Waals surface area contributed by atoms with Crippen LogP contribution in [0, 0.1) is 23.2 Å². The first kappa shape index (κ1) is 26.5. The second kappa shape index (κ2) is 10.7. The van der Waals surface area contributed by atoms with Crippen LogP contribution in [-0.2, 0) is 19.0 Å². The van der Waals surface area contributed by atoms with Gasteiger partial charge in [0.25, 0.3) is 5.91 Å². The summed E-state index contributed by atoms with van der Waals surface area (Å²) in [6.07, 6.45) is 7.88. The monoisotopic (exact) mass is 556 g/mol. The van der Waals surface area contributed by atoms with E-state index in [1.807, 2.05) is 41.9 Å². The zero-order chi connectivity index (χ0) is 27.9. The number of nitriles is 1. The summed E-state index contributed by atoms with van der Waals surface area (Å²) >= 11 is 6.47. The lowest BCUT2D eigenvalue weighted by Crippen LogP contribution is -2.44. The van der Waals surface area contributed by atoms with Crippen molar-refractivity contribution >= 4 is 28.7 Å². The van der Waals surface area contributed by atoms with E-state index in [4.69, 9.17) is 11.6 Å². The van der Waals surface area contributed by atoms with Crippen molar-refractivity contribution in [2.24, 2.45) is 18.9 Å². The Labute approximate surface area is 238 Å². The average molecular weight is 557 g/mol. The lowest BCUT2D eigenvalue weighted by molar-refractivity contribution is 0.101. The molecule has 0 unspecified atom stereocenters. The number of aromatic nitrogens is 5. The maximum Gasteiger partial charge on any atom is 0.274 e. The molecule has 9 nitrogen and oxygen atoms in total. The molecule has 4 heterocycles. The molecule has 40 heavy (non-hydrogen) atoms. The van der Waals surface area contributed by atoms with Crippen molar-refractivity contribution in [2.75, 3.05) is 18.4 Å². The van der Waals surface area contributed by atoms with Crippen molar-refractivity contribution < 1.29 is 4.79 Å². The van der Waals surface area contributed by atoms with E-state index in [0.717, 1.165) is 54.9 Å². The van der Waals surface area contributed by atoms with Crippen LogP contribution in [-0.4, -0.2) is 48.3 Å². The maximum absolute atomic E-state index is 13.7. The minimum atomic E-state index is -0.345. The van der Waals surface area contributed by atoms with Gasteiger partial charge >= 0.3 is 0 Å². The van der Waals surface area contributed by atoms with E-state index in [0.29, 0.717) is 34.7 Å². The van der Waals surface area contributed by atoms with E-state index >= 15 is 0 Å². The zero-order valence-electron chi connectivity index (χ0n) is 22.8. The fourth-order valence-corrected chi connectivity index (χ4v) is 6.79. The molecule has 206 valence electrons. The number of benzene rings is 1. The summed E-state index contributed by atoms with van der Waals surface area (Å²) < 4.78 is 3.56. The Balaban J connectivity index is 1.29. The molecule has 10 heteroatoms. The molecule has 6 rings (SSSR count). The zero-order valence-corrected chi connectivity index (χ0v) is 23.6. The van der Waals surface area contributed by atoms with Crippen LogP contribution in [0.25, 0.3) is 5.52 Å². The summed E-state index contributed by atoms with van der Waals surface area (Å²) in [7, 11) is 1.94. The molecule has 1 aromatic carbocycles. The van der Waals surface area contributed by atoms with Gasteiger partial charge in [-0.05, 0) is 79.5 Å². The summed E-state index contributed by atoms with van der Waals surface area (Å²) in [5, 5.41) is 25.8. The minimum Gasteiger partial charge on any atom is -0.321 e. The van der Waals surface area contributed by atoms with Crippen LogP contribution >= 0.6 is 11.6 Å². The van der Waals surface area contributed by atoms with Crippen LogP contribution in [0.3, 0.4) is 0 Å². The predicted octanol–water partition coefficient (Wildman–Crippen LogP) is 5.21. The van der Waals surface area contributed by atoms with Crippen LogP contribution in [0.4, 0.5) is 5.69 Å². The number of anilines is 1. The van der Waals surface area contributed by atoms with Crippen molar-refractivity contribution in [2.45, 2.75) is 51.0 Å². The Morgan fingerprint density at radius 3 is 2.88 bits per heavy atom. The van der Waals surface area contributed by atoms with Gasteiger partial charge in [0, 0.05) is 32.2 Å². The van der Waals surface area contributed by atoms with Gasteiger partial charge in [0.2, 0.25) is 0 Å². The van der Waals surface area contributed by atoms with Gasteiger partial charge in [-0.2, -0.15) is 10.4 Å². The van der Waals surface area contributed by atoms with Crippen LogP contribution in [0.15, 0.2) is 48.9 Å². The highest BCUT2D eigenvalue weighted by Gasteiger charge is 2.49. The number of pyridine rings is 1. The van der Waals surface area contributed by atoms with Gasteiger partial charge in [0.05, 0.1) is 28.2 Å². The van der Waals surface area contributed by atoms with Crippen LogP contribution in [0.5, 0.6) is 0 Å². The van der Waals surface area contributed by atoms with Gasteiger partial charge in [0.1, 0.15) is 17.8 Å². The van der Waals surface area contributed by atoms with Gasteiger partial charge in [-0.1, -0.05) is 30.7 Å². The highest BCUT2D eigenvalue weighted by atomic mass is 35.5. The molecular weight excluding hydrogens is 524 g/mol. The van der Waals surface area contributed by atoms with E-state index in [9.17, 15) is 10.1 Å². The van der Waals surface area contributed by atoms with Gasteiger partial charge < -0.3 is 9.88 Å². The third-order valence-electron chi connectivity index (χ3n) is 8.48. The first-order chi connectivity index (χ1) is 19.4. The normalized spacial score (nSPS) is 23.1. The Morgan fingerprint density at radius 1 is 1.27 bits per heavy atom. The Bertz CT molecular complexity index is 1590. The smallest absolute Gasteiger partial charge is 0.274 e. The van der Waals surface area contributed by atoms with Crippen molar-refractivity contribution in [3.05, 3.63) is 76.6 Å². The van der Waals surface area contributed by atoms with Gasteiger partial charge in [-0.15, -0.1) is 10.2 Å². The fourth-order valence-electron chi connectivity index (χ4n) is 6.61. The summed E-state index contributed by atoms with van der Waals surface area (Å²) in [5.41, 5.74) is 3.60. The fraction of sp³-hybridized carbons (Fsp3) is 0.433. The summed E-state index contributed by atoms with van der Waals surface area (Å²) in [6, 6.07) is 14.2. The summed E-state index contributed by atoms with van der Waals surface area (Å²) in [6.45, 7) is 5.16. The van der Waals surface area contributed by atoms with E-state index in [1.165, 1.54) is 12.8 Å². The van der Waals surface area contributed by atoms with Crippen LogP contribution in [0.1, 0.15) is 66.5 Å². The minimum absolute atomic E-state index is 0.251. The standard InChI is InChI=1S/C30H33ClN8O/c1-20-5-4-10-38(17-20)18-22-11-26-25(31)16-34-39(26)27(12-22)28(40)35-24-7-3-6-23(13-24)30(14-21(15-30)8-9-32)29-36-33-19-37(29)2/h3,6-7,11-13,16,19-21H,4-5,8,10,14-15,17-18H2,1-2H3,(H,35,40)/t20-,21?,30?/m0/s1. The Kier molecular flexibility index (Phi) is 7.07. The quantitative estimate of drug-likeness (QED) is 0.335. The van der Waals surface area contributed by atoms with Crippen LogP contribution in [0.2, 0.25) is 5.02 Å². The first-order valence-corrected chi connectivity index (χ1v) is 14.3. The van der Waals surface area contributed by atoms with E-state index in [1.54, 1.807) is 17.0 Å². The number of nitrogens with zero attached hydrogens (tertiary/aromatic N) is 7. The molecule has 0 spiro atoms. The number of carbonyl (C=O) groups is 1. The Hall–Kier alpha value is -3.74. The number of aryl methyl sites for hydroxylation is 1. The number of piperidine rings is 1. The second-order valence-corrected chi connectivity index (χ2v) is 11.9. The van der Waals surface area contributed by atoms with Gasteiger partial charge in [-0.3, -0.25) is 9.69 Å². The van der Waals surface area contributed by atoms with Crippen molar-refractivity contribution in [3.8, 4) is 6.07 Å². The van der Waals surface area contributed by atoms with Crippen molar-refractivity contribution in [1.82, 2.24) is 29.3 Å². The number of fused-ring (bicyclic) bond motifs is 1. The number of halogens is 1. The van der Waals surface area contributed by atoms with E-state index in [-0.39, 0.29) is 11.3 Å². The van der Waals surface area contributed by atoms with Crippen LogP contribution < -0.4 is 5.32 Å². The highest BCUT2D eigenvalue weighted by molar-refractivity contribution is 6.33. The third-order valence-corrected chi connectivity index (χ3v) is 8.77. The molecule has 3 aromatic heterocycles. The largest absolute Gasteiger partial charge is 0.321 e. The topological polar surface area (TPSA) is 104 Å². The third kappa shape index (κ3) is 4.87. The number of hydrogen-bond acceptors (Lipinski definition) is 6. The molecule has 1 aliphatic carbocycles. The van der Waals surface area contributed by atoms with Crippen molar-refractivity contribution in [3.63, 3.8) is 0 Å². The highest BCUT2D eigenvalue weighted by Crippen LogP contribution is 2.53. The van der Waals surface area contributed by atoms with Gasteiger partial charge in [-0.25, -0.2) is 4.52 Å². The SMILES string of the molecule is C[C@H]1CCCN(Cc2cc(C(=O)Nc3cccc(C4(c5nncn5C)CC(CC#N)C4)c3)n3ncc(Cl)c3c2)C1. The van der Waals surface area contributed by atoms with Gasteiger partial charge in [0.15, 0.2) is 0 Å². The molecule has 2 aliphatic rings. The molecule has 2 fully saturated rings. The first-order valence-electron chi connectivity index (χ1n) is 13.9. The molecule has 1 aliphatic heterocycles. The molecule has 4 aromatic rings. The lowest BCUT2D eigenvalue weighted by Gasteiger charge is -2.46. The van der Waals surface area contributed by atoms with Crippen molar-refractivity contribution in [1.29, 1.82) is 5.26 Å². The molecule has 1 amide bonds. The molecule has 1 saturated heterocycles. The predicted molar refractivity (Wildman–Crippen MR) is 153 cm³/mol. The molecule has 0 radical (unpaired) electrons. The number of hydrogen-bond donors (Lipinski definition) is 1. The summed E-state index contributed by atoms with van der Waals surface area (Å²) in [4.78, 5) is 16.2. The molecule has 1 saturated carbocycles. The second-order valence-electron chi connectivity index (χ2n) is 11.5. The van der Waals surface area contributed by atoms with E-state index in [2.05, 4.69) is 44.6 Å². The number of rotatable bonds is 7. The molecule has 1 N–H and O–H groups in total.